The molecular weight excluding hydrogens is 484 g/mol. The molecule has 190 valence electrons. The number of rotatable bonds is 5. The zero-order valence-electron chi connectivity index (χ0n) is 20.8. The molecule has 0 spiro atoms. The Balaban J connectivity index is 1.14. The van der Waals surface area contributed by atoms with Crippen LogP contribution in [0.5, 0.6) is 0 Å². The minimum Gasteiger partial charge on any atom is -0.369 e. The van der Waals surface area contributed by atoms with Crippen LogP contribution in [-0.4, -0.2) is 67.4 Å². The van der Waals surface area contributed by atoms with E-state index >= 15 is 0 Å². The largest absolute Gasteiger partial charge is 0.369 e. The Morgan fingerprint density at radius 1 is 0.892 bits per heavy atom. The van der Waals surface area contributed by atoms with E-state index in [1.54, 1.807) is 0 Å². The fraction of sp³-hybridized carbons (Fsp3) is 0.333. The summed E-state index contributed by atoms with van der Waals surface area (Å²) in [6.07, 6.45) is 0.816. The molecular formula is C30H31ClN4O2. The predicted molar refractivity (Wildman–Crippen MR) is 146 cm³/mol. The van der Waals surface area contributed by atoms with Crippen LogP contribution in [0.25, 0.3) is 0 Å². The molecule has 0 bridgehead atoms. The summed E-state index contributed by atoms with van der Waals surface area (Å²) in [4.78, 5) is 33.8. The van der Waals surface area contributed by atoms with Crippen LogP contribution in [0.15, 0.2) is 72.8 Å². The summed E-state index contributed by atoms with van der Waals surface area (Å²) in [6, 6.07) is 23.6. The Labute approximate surface area is 222 Å². The maximum absolute atomic E-state index is 13.8. The van der Waals surface area contributed by atoms with Gasteiger partial charge in [-0.1, -0.05) is 60.1 Å². The maximum atomic E-state index is 13.8. The third-order valence-electron chi connectivity index (χ3n) is 7.99. The second-order valence-corrected chi connectivity index (χ2v) is 10.5. The number of carbonyl (C=O) groups excluding carboxylic acids is 2. The van der Waals surface area contributed by atoms with Crippen molar-refractivity contribution in [2.24, 2.45) is 0 Å². The van der Waals surface area contributed by atoms with E-state index in [9.17, 15) is 9.59 Å². The van der Waals surface area contributed by atoms with Crippen molar-refractivity contribution in [1.29, 1.82) is 0 Å². The average molecular weight is 515 g/mol. The summed E-state index contributed by atoms with van der Waals surface area (Å²) in [7, 11) is 0. The molecule has 1 N–H and O–H groups in total. The number of fused-ring (bicyclic) bond motifs is 4. The van der Waals surface area contributed by atoms with E-state index in [1.807, 2.05) is 59.5 Å². The van der Waals surface area contributed by atoms with Crippen molar-refractivity contribution < 1.29 is 9.59 Å². The summed E-state index contributed by atoms with van der Waals surface area (Å²) in [5.74, 6) is -0.407. The lowest BCUT2D eigenvalue weighted by atomic mass is 9.76. The van der Waals surface area contributed by atoms with Crippen LogP contribution < -0.4 is 10.2 Å². The Kier molecular flexibility index (Phi) is 6.61. The number of hydrogen-bond acceptors (Lipinski definition) is 4. The Hall–Kier alpha value is -3.35. The molecule has 0 unspecified atom stereocenters. The van der Waals surface area contributed by atoms with Gasteiger partial charge in [-0.25, -0.2) is 0 Å². The van der Waals surface area contributed by atoms with Gasteiger partial charge in [-0.15, -0.1) is 0 Å². The number of anilines is 1. The van der Waals surface area contributed by atoms with Gasteiger partial charge in [0.2, 0.25) is 5.91 Å². The fourth-order valence-electron chi connectivity index (χ4n) is 6.11. The molecule has 1 fully saturated rings. The zero-order chi connectivity index (χ0) is 25.4. The van der Waals surface area contributed by atoms with Crippen LogP contribution >= 0.6 is 11.6 Å². The minimum atomic E-state index is -0.421. The highest BCUT2D eigenvalue weighted by Gasteiger charge is 2.46. The lowest BCUT2D eigenvalue weighted by Gasteiger charge is -2.45. The van der Waals surface area contributed by atoms with Crippen molar-refractivity contribution in [2.75, 3.05) is 50.7 Å². The van der Waals surface area contributed by atoms with Gasteiger partial charge >= 0.3 is 0 Å². The normalized spacial score (nSPS) is 21.2. The molecule has 2 atom stereocenters. The molecule has 3 aliphatic rings. The van der Waals surface area contributed by atoms with Crippen LogP contribution in [0.4, 0.5) is 5.69 Å². The van der Waals surface area contributed by atoms with E-state index in [-0.39, 0.29) is 17.9 Å². The number of carbonyl (C=O) groups is 2. The smallest absolute Gasteiger partial charge is 0.254 e. The van der Waals surface area contributed by atoms with Gasteiger partial charge in [-0.05, 0) is 47.4 Å². The van der Waals surface area contributed by atoms with Crippen LogP contribution in [0.3, 0.4) is 0 Å². The van der Waals surface area contributed by atoms with E-state index in [0.29, 0.717) is 18.7 Å². The van der Waals surface area contributed by atoms with Crippen molar-refractivity contribution in [1.82, 2.24) is 15.1 Å². The number of nitrogens with zero attached hydrogens (tertiary/aromatic N) is 3. The van der Waals surface area contributed by atoms with E-state index in [0.717, 1.165) is 61.0 Å². The van der Waals surface area contributed by atoms with Crippen LogP contribution in [0.1, 0.15) is 39.0 Å². The number of halogens is 1. The predicted octanol–water partition coefficient (Wildman–Crippen LogP) is 4.12. The van der Waals surface area contributed by atoms with Crippen molar-refractivity contribution in [3.63, 3.8) is 0 Å². The molecule has 0 radical (unpaired) electrons. The summed E-state index contributed by atoms with van der Waals surface area (Å²) in [6.45, 7) is 5.75. The summed E-state index contributed by atoms with van der Waals surface area (Å²) >= 11 is 6.17. The lowest BCUT2D eigenvalue weighted by molar-refractivity contribution is -0.124. The monoisotopic (exact) mass is 514 g/mol. The number of benzene rings is 3. The Morgan fingerprint density at radius 2 is 1.65 bits per heavy atom. The SMILES string of the molecule is O=C(NCCN1CCN(c2cccc(Cl)c2)CC1)[C@H]1c2ccccc2C(=O)N2CCc3ccccc3[C@@H]12. The van der Waals surface area contributed by atoms with E-state index in [2.05, 4.69) is 33.3 Å². The molecule has 2 amide bonds. The Bertz CT molecular complexity index is 1320. The molecule has 3 aromatic rings. The summed E-state index contributed by atoms with van der Waals surface area (Å²) in [5.41, 5.74) is 4.96. The Morgan fingerprint density at radius 3 is 2.46 bits per heavy atom. The van der Waals surface area contributed by atoms with Gasteiger partial charge in [0.15, 0.2) is 0 Å². The van der Waals surface area contributed by atoms with Crippen LogP contribution in [-0.2, 0) is 11.2 Å². The highest BCUT2D eigenvalue weighted by atomic mass is 35.5. The van der Waals surface area contributed by atoms with E-state index < -0.39 is 5.92 Å². The zero-order valence-corrected chi connectivity index (χ0v) is 21.5. The highest BCUT2D eigenvalue weighted by molar-refractivity contribution is 6.30. The van der Waals surface area contributed by atoms with Gasteiger partial charge in [-0.2, -0.15) is 0 Å². The second-order valence-electron chi connectivity index (χ2n) is 10.1. The first kappa shape index (κ1) is 24.0. The molecule has 6 rings (SSSR count). The molecule has 6 nitrogen and oxygen atoms in total. The molecule has 7 heteroatoms. The summed E-state index contributed by atoms with van der Waals surface area (Å²) in [5, 5.41) is 3.98. The molecule has 0 aromatic heterocycles. The fourth-order valence-corrected chi connectivity index (χ4v) is 6.29. The lowest BCUT2D eigenvalue weighted by Crippen LogP contribution is -2.51. The topological polar surface area (TPSA) is 55.9 Å². The van der Waals surface area contributed by atoms with Gasteiger partial charge in [0, 0.05) is 62.1 Å². The van der Waals surface area contributed by atoms with Gasteiger partial charge < -0.3 is 15.1 Å². The third-order valence-corrected chi connectivity index (χ3v) is 8.22. The van der Waals surface area contributed by atoms with Crippen molar-refractivity contribution >= 4 is 29.1 Å². The standard InChI is InChI=1S/C30H31ClN4O2/c31-22-7-5-8-23(20-22)34-18-16-33(17-19-34)15-13-32-29(36)27-25-10-3-4-11-26(25)30(37)35-14-12-21-6-1-2-9-24(21)28(27)35/h1-11,20,27-28H,12-19H2,(H,32,36)/t27-,28-/m0/s1. The average Bonchev–Trinajstić information content (AvgIpc) is 2.93. The number of hydrogen-bond donors (Lipinski definition) is 1. The molecule has 1 saturated heterocycles. The number of amides is 2. The minimum absolute atomic E-state index is 0.00998. The van der Waals surface area contributed by atoms with Crippen molar-refractivity contribution in [3.8, 4) is 0 Å². The van der Waals surface area contributed by atoms with Gasteiger partial charge in [0.1, 0.15) is 0 Å². The van der Waals surface area contributed by atoms with Crippen molar-refractivity contribution in [2.45, 2.75) is 18.4 Å². The van der Waals surface area contributed by atoms with Crippen LogP contribution in [0.2, 0.25) is 5.02 Å². The molecule has 0 aliphatic carbocycles. The first-order valence-electron chi connectivity index (χ1n) is 13.1. The van der Waals surface area contributed by atoms with E-state index in [1.165, 1.54) is 5.56 Å². The van der Waals surface area contributed by atoms with Gasteiger partial charge in [-0.3, -0.25) is 14.5 Å². The maximum Gasteiger partial charge on any atom is 0.254 e. The molecule has 3 aromatic carbocycles. The molecule has 3 aliphatic heterocycles. The summed E-state index contributed by atoms with van der Waals surface area (Å²) < 4.78 is 0. The quantitative estimate of drug-likeness (QED) is 0.556. The first-order valence-corrected chi connectivity index (χ1v) is 13.5. The van der Waals surface area contributed by atoms with E-state index in [4.69, 9.17) is 11.6 Å². The van der Waals surface area contributed by atoms with Crippen LogP contribution in [0, 0.1) is 0 Å². The first-order chi connectivity index (χ1) is 18.1. The molecule has 3 heterocycles. The molecule has 37 heavy (non-hydrogen) atoms. The van der Waals surface area contributed by atoms with Gasteiger partial charge in [0.05, 0.1) is 12.0 Å². The van der Waals surface area contributed by atoms with Gasteiger partial charge in [0.25, 0.3) is 5.91 Å². The molecule has 0 saturated carbocycles. The highest BCUT2D eigenvalue weighted by Crippen LogP contribution is 2.45. The number of piperazine rings is 1. The second kappa shape index (κ2) is 10.2. The number of nitrogens with one attached hydrogen (secondary N) is 1. The van der Waals surface area contributed by atoms with Crippen molar-refractivity contribution in [3.05, 3.63) is 100 Å². The third kappa shape index (κ3) is 4.60.